The fourth-order valence-corrected chi connectivity index (χ4v) is 2.68. The number of hydrogen-bond acceptors (Lipinski definition) is 6. The summed E-state index contributed by atoms with van der Waals surface area (Å²) in [4.78, 5) is 17.1. The van der Waals surface area contributed by atoms with E-state index < -0.39 is 6.04 Å². The van der Waals surface area contributed by atoms with Crippen LogP contribution in [0.1, 0.15) is 48.9 Å². The third-order valence-electron chi connectivity index (χ3n) is 4.04. The normalized spacial score (nSPS) is 12.2. The highest BCUT2D eigenvalue weighted by molar-refractivity contribution is 5.99. The zero-order valence-corrected chi connectivity index (χ0v) is 15.8. The van der Waals surface area contributed by atoms with Crippen LogP contribution in [0.25, 0.3) is 11.3 Å². The first-order valence-electron chi connectivity index (χ1n) is 8.79. The van der Waals surface area contributed by atoms with Crippen LogP contribution in [0.15, 0.2) is 35.0 Å². The number of aromatic nitrogens is 4. The number of carbonyl (C=O) groups is 1. The van der Waals surface area contributed by atoms with Gasteiger partial charge in [-0.15, -0.1) is 0 Å². The van der Waals surface area contributed by atoms with Crippen LogP contribution in [0.5, 0.6) is 5.75 Å². The SMILES string of the molecule is COc1cccc(-c2[nH]ncc2C(=O)NC(C)c2nc(CC(C)C)no2)c1. The minimum Gasteiger partial charge on any atom is -0.497 e. The molecule has 0 fully saturated rings. The van der Waals surface area contributed by atoms with E-state index in [9.17, 15) is 4.79 Å². The highest BCUT2D eigenvalue weighted by atomic mass is 16.5. The van der Waals surface area contributed by atoms with Crippen molar-refractivity contribution in [1.82, 2.24) is 25.7 Å². The fourth-order valence-electron chi connectivity index (χ4n) is 2.68. The van der Waals surface area contributed by atoms with Gasteiger partial charge in [0.25, 0.3) is 5.91 Å². The minimum atomic E-state index is -0.418. The van der Waals surface area contributed by atoms with E-state index in [0.717, 1.165) is 12.0 Å². The zero-order chi connectivity index (χ0) is 19.4. The number of H-pyrrole nitrogens is 1. The van der Waals surface area contributed by atoms with E-state index in [1.807, 2.05) is 24.3 Å². The summed E-state index contributed by atoms with van der Waals surface area (Å²) < 4.78 is 10.5. The molecule has 2 aromatic heterocycles. The molecular weight excluding hydrogens is 346 g/mol. The van der Waals surface area contributed by atoms with Crippen LogP contribution in [0.2, 0.25) is 0 Å². The van der Waals surface area contributed by atoms with Gasteiger partial charge in [0.2, 0.25) is 5.89 Å². The molecule has 0 aliphatic rings. The quantitative estimate of drug-likeness (QED) is 0.663. The number of methoxy groups -OCH3 is 1. The molecule has 3 aromatic rings. The first kappa shape index (κ1) is 18.6. The van der Waals surface area contributed by atoms with Gasteiger partial charge in [-0.3, -0.25) is 9.89 Å². The number of nitrogens with one attached hydrogen (secondary N) is 2. The van der Waals surface area contributed by atoms with Crippen LogP contribution in [0, 0.1) is 5.92 Å². The van der Waals surface area contributed by atoms with Crippen LogP contribution in [0.3, 0.4) is 0 Å². The zero-order valence-electron chi connectivity index (χ0n) is 15.8. The summed E-state index contributed by atoms with van der Waals surface area (Å²) in [5.74, 6) is 1.87. The first-order chi connectivity index (χ1) is 13.0. The molecule has 2 N–H and O–H groups in total. The van der Waals surface area contributed by atoms with Crippen LogP contribution >= 0.6 is 0 Å². The van der Waals surface area contributed by atoms with Crippen molar-refractivity contribution < 1.29 is 14.1 Å². The van der Waals surface area contributed by atoms with E-state index in [2.05, 4.69) is 39.5 Å². The number of rotatable bonds is 7. The third kappa shape index (κ3) is 4.33. The van der Waals surface area contributed by atoms with Crippen molar-refractivity contribution in [3.63, 3.8) is 0 Å². The molecule has 0 spiro atoms. The number of benzene rings is 1. The Morgan fingerprint density at radius 1 is 1.33 bits per heavy atom. The standard InChI is InChI=1S/C19H23N5O3/c1-11(2)8-16-22-19(27-24-16)12(3)21-18(25)15-10-20-23-17(15)13-6-5-7-14(9-13)26-4/h5-7,9-12H,8H2,1-4H3,(H,20,23)(H,21,25). The monoisotopic (exact) mass is 369 g/mol. The Morgan fingerprint density at radius 2 is 2.15 bits per heavy atom. The van der Waals surface area contributed by atoms with Gasteiger partial charge < -0.3 is 14.6 Å². The van der Waals surface area contributed by atoms with E-state index in [1.54, 1.807) is 14.0 Å². The Labute approximate surface area is 157 Å². The topological polar surface area (TPSA) is 106 Å². The van der Waals surface area contributed by atoms with Gasteiger partial charge in [0, 0.05) is 12.0 Å². The molecule has 27 heavy (non-hydrogen) atoms. The maximum atomic E-state index is 12.7. The number of hydrogen-bond donors (Lipinski definition) is 2. The van der Waals surface area contributed by atoms with Crippen molar-refractivity contribution in [2.24, 2.45) is 5.92 Å². The summed E-state index contributed by atoms with van der Waals surface area (Å²) in [5.41, 5.74) is 1.85. The number of carbonyl (C=O) groups excluding carboxylic acids is 1. The Hall–Kier alpha value is -3.16. The van der Waals surface area contributed by atoms with Crippen molar-refractivity contribution >= 4 is 5.91 Å². The molecule has 0 radical (unpaired) electrons. The molecule has 1 aromatic carbocycles. The second kappa shape index (κ2) is 8.03. The second-order valence-electron chi connectivity index (χ2n) is 6.73. The maximum Gasteiger partial charge on any atom is 0.255 e. The Balaban J connectivity index is 1.75. The van der Waals surface area contributed by atoms with Crippen molar-refractivity contribution in [1.29, 1.82) is 0 Å². The number of aromatic amines is 1. The van der Waals surface area contributed by atoms with Gasteiger partial charge in [0.15, 0.2) is 5.82 Å². The summed E-state index contributed by atoms with van der Waals surface area (Å²) in [6.07, 6.45) is 2.22. The van der Waals surface area contributed by atoms with E-state index in [-0.39, 0.29) is 5.91 Å². The van der Waals surface area contributed by atoms with Gasteiger partial charge in [-0.2, -0.15) is 10.1 Å². The van der Waals surface area contributed by atoms with Crippen molar-refractivity contribution in [3.8, 4) is 17.0 Å². The van der Waals surface area contributed by atoms with E-state index in [1.165, 1.54) is 6.20 Å². The van der Waals surface area contributed by atoms with Gasteiger partial charge in [-0.25, -0.2) is 0 Å². The van der Waals surface area contributed by atoms with Gasteiger partial charge in [-0.1, -0.05) is 31.1 Å². The first-order valence-corrected chi connectivity index (χ1v) is 8.79. The van der Waals surface area contributed by atoms with Crippen LogP contribution in [0.4, 0.5) is 0 Å². The predicted octanol–water partition coefficient (Wildman–Crippen LogP) is 3.16. The van der Waals surface area contributed by atoms with Gasteiger partial charge >= 0.3 is 0 Å². The molecule has 8 nitrogen and oxygen atoms in total. The molecule has 3 rings (SSSR count). The molecule has 8 heteroatoms. The molecule has 0 saturated carbocycles. The molecule has 1 unspecified atom stereocenters. The average molecular weight is 369 g/mol. The van der Waals surface area contributed by atoms with Crippen LogP contribution in [-0.4, -0.2) is 33.4 Å². The molecule has 0 saturated heterocycles. The van der Waals surface area contributed by atoms with Crippen molar-refractivity contribution in [3.05, 3.63) is 47.7 Å². The second-order valence-corrected chi connectivity index (χ2v) is 6.73. The summed E-state index contributed by atoms with van der Waals surface area (Å²) in [5, 5.41) is 13.7. The predicted molar refractivity (Wildman–Crippen MR) is 99.3 cm³/mol. The van der Waals surface area contributed by atoms with Crippen LogP contribution in [-0.2, 0) is 6.42 Å². The van der Waals surface area contributed by atoms with Gasteiger partial charge in [0.05, 0.1) is 24.6 Å². The molecule has 1 amide bonds. The third-order valence-corrected chi connectivity index (χ3v) is 4.04. The average Bonchev–Trinajstić information content (AvgIpc) is 3.30. The summed E-state index contributed by atoms with van der Waals surface area (Å²) in [7, 11) is 1.60. The molecule has 2 heterocycles. The van der Waals surface area contributed by atoms with Gasteiger partial charge in [0.1, 0.15) is 11.8 Å². The molecule has 0 aliphatic carbocycles. The van der Waals surface area contributed by atoms with E-state index in [0.29, 0.717) is 34.6 Å². The van der Waals surface area contributed by atoms with Crippen LogP contribution < -0.4 is 10.1 Å². The number of nitrogens with zero attached hydrogens (tertiary/aromatic N) is 3. The Bertz CT molecular complexity index is 915. The number of amides is 1. The molecule has 142 valence electrons. The smallest absolute Gasteiger partial charge is 0.255 e. The lowest BCUT2D eigenvalue weighted by molar-refractivity contribution is 0.0933. The largest absolute Gasteiger partial charge is 0.497 e. The lowest BCUT2D eigenvalue weighted by Crippen LogP contribution is -2.27. The molecule has 0 bridgehead atoms. The Morgan fingerprint density at radius 3 is 2.89 bits per heavy atom. The summed E-state index contributed by atoms with van der Waals surface area (Å²) in [6.45, 7) is 5.97. The molecular formula is C19H23N5O3. The van der Waals surface area contributed by atoms with E-state index in [4.69, 9.17) is 9.26 Å². The minimum absolute atomic E-state index is 0.280. The van der Waals surface area contributed by atoms with Crippen molar-refractivity contribution in [2.75, 3.05) is 7.11 Å². The lowest BCUT2D eigenvalue weighted by Gasteiger charge is -2.10. The Kier molecular flexibility index (Phi) is 5.54. The fraction of sp³-hybridized carbons (Fsp3) is 0.368. The highest BCUT2D eigenvalue weighted by Gasteiger charge is 2.21. The molecule has 1 atom stereocenters. The maximum absolute atomic E-state index is 12.7. The van der Waals surface area contributed by atoms with Gasteiger partial charge in [-0.05, 0) is 25.0 Å². The summed E-state index contributed by atoms with van der Waals surface area (Å²) >= 11 is 0. The molecule has 0 aliphatic heterocycles. The summed E-state index contributed by atoms with van der Waals surface area (Å²) in [6, 6.07) is 7.00. The lowest BCUT2D eigenvalue weighted by atomic mass is 10.1. The number of ether oxygens (including phenoxy) is 1. The van der Waals surface area contributed by atoms with Crippen molar-refractivity contribution in [2.45, 2.75) is 33.2 Å². The van der Waals surface area contributed by atoms with E-state index >= 15 is 0 Å². The highest BCUT2D eigenvalue weighted by Crippen LogP contribution is 2.25.